The molecule has 2 aromatic rings. The number of rotatable bonds is 3. The van der Waals surface area contributed by atoms with Crippen LogP contribution in [0, 0.1) is 5.92 Å². The molecule has 0 bridgehead atoms. The number of carbonyl (C=O) groups excluding carboxylic acids is 1. The summed E-state index contributed by atoms with van der Waals surface area (Å²) in [5.41, 5.74) is 0.921. The highest BCUT2D eigenvalue weighted by molar-refractivity contribution is 5.79. The van der Waals surface area contributed by atoms with Gasteiger partial charge in [0.15, 0.2) is 0 Å². The summed E-state index contributed by atoms with van der Waals surface area (Å²) in [4.78, 5) is 16.3. The summed E-state index contributed by atoms with van der Waals surface area (Å²) >= 11 is 0. The summed E-state index contributed by atoms with van der Waals surface area (Å²) in [5.74, 6) is 1.13. The number of piperazine rings is 1. The van der Waals surface area contributed by atoms with Gasteiger partial charge in [0.25, 0.3) is 0 Å². The Kier molecular flexibility index (Phi) is 3.73. The zero-order valence-corrected chi connectivity index (χ0v) is 13.0. The van der Waals surface area contributed by atoms with E-state index in [9.17, 15) is 4.79 Å². The van der Waals surface area contributed by atoms with Gasteiger partial charge < -0.3 is 14.2 Å². The van der Waals surface area contributed by atoms with E-state index in [2.05, 4.69) is 15.1 Å². The number of amides is 1. The number of aromatic nitrogens is 2. The quantitative estimate of drug-likeness (QED) is 0.869. The Balaban J connectivity index is 1.39. The number of hydrogen-bond acceptors (Lipinski definition) is 5. The summed E-state index contributed by atoms with van der Waals surface area (Å²) in [5, 5.41) is 8.28. The monoisotopic (exact) mass is 312 g/mol. The first kappa shape index (κ1) is 14.2. The molecular weight excluding hydrogens is 292 g/mol. The lowest BCUT2D eigenvalue weighted by molar-refractivity contribution is -0.138. The molecule has 0 unspecified atom stereocenters. The van der Waals surface area contributed by atoms with Crippen LogP contribution in [0.25, 0.3) is 11.5 Å². The summed E-state index contributed by atoms with van der Waals surface area (Å²) in [7, 11) is 0. The molecule has 1 saturated carbocycles. The van der Waals surface area contributed by atoms with Crippen LogP contribution in [-0.2, 0) is 4.79 Å². The van der Waals surface area contributed by atoms with Crippen molar-refractivity contribution in [2.45, 2.75) is 19.3 Å². The van der Waals surface area contributed by atoms with Crippen LogP contribution >= 0.6 is 0 Å². The Bertz CT molecular complexity index is 673. The molecule has 2 heterocycles. The zero-order valence-electron chi connectivity index (χ0n) is 13.0. The maximum absolute atomic E-state index is 12.3. The molecule has 6 nitrogen and oxygen atoms in total. The van der Waals surface area contributed by atoms with Crippen molar-refractivity contribution in [2.75, 3.05) is 31.1 Å². The van der Waals surface area contributed by atoms with Crippen LogP contribution in [-0.4, -0.2) is 47.2 Å². The minimum Gasteiger partial charge on any atom is -0.403 e. The highest BCUT2D eigenvalue weighted by Gasteiger charge is 2.32. The fourth-order valence-electron chi connectivity index (χ4n) is 3.07. The molecule has 1 aromatic heterocycles. The minimum absolute atomic E-state index is 0.273. The van der Waals surface area contributed by atoms with Crippen molar-refractivity contribution >= 4 is 11.9 Å². The van der Waals surface area contributed by atoms with Crippen LogP contribution in [0.2, 0.25) is 0 Å². The lowest BCUT2D eigenvalue weighted by Crippen LogP contribution is -2.51. The largest absolute Gasteiger partial charge is 0.403 e. The second-order valence-corrected chi connectivity index (χ2v) is 6.20. The standard InChI is InChI=1S/C17H20N4O2/c22-16(14-7-4-8-14)20-9-11-21(12-10-20)17-19-18-15(23-17)13-5-2-1-3-6-13/h1-3,5-6,14H,4,7-12H2. The summed E-state index contributed by atoms with van der Waals surface area (Å²) in [6, 6.07) is 10.3. The van der Waals surface area contributed by atoms with Gasteiger partial charge in [-0.1, -0.05) is 29.7 Å². The fourth-order valence-corrected chi connectivity index (χ4v) is 3.07. The molecule has 0 N–H and O–H groups in total. The second-order valence-electron chi connectivity index (χ2n) is 6.20. The zero-order chi connectivity index (χ0) is 15.6. The summed E-state index contributed by atoms with van der Waals surface area (Å²) in [6.45, 7) is 2.96. The van der Waals surface area contributed by atoms with Gasteiger partial charge in [-0.15, -0.1) is 5.10 Å². The summed E-state index contributed by atoms with van der Waals surface area (Å²) in [6.07, 6.45) is 3.31. The van der Waals surface area contributed by atoms with Gasteiger partial charge in [0, 0.05) is 37.7 Å². The van der Waals surface area contributed by atoms with Crippen molar-refractivity contribution in [3.8, 4) is 11.5 Å². The molecule has 1 aliphatic heterocycles. The van der Waals surface area contributed by atoms with E-state index in [0.29, 0.717) is 17.8 Å². The first-order chi connectivity index (χ1) is 11.3. The predicted octanol–water partition coefficient (Wildman–Crippen LogP) is 2.19. The van der Waals surface area contributed by atoms with E-state index >= 15 is 0 Å². The molecule has 1 saturated heterocycles. The Morgan fingerprint density at radius 2 is 1.78 bits per heavy atom. The van der Waals surface area contributed by atoms with E-state index < -0.39 is 0 Å². The van der Waals surface area contributed by atoms with Crippen LogP contribution in [0.15, 0.2) is 34.7 Å². The van der Waals surface area contributed by atoms with E-state index in [1.807, 2.05) is 35.2 Å². The van der Waals surface area contributed by atoms with E-state index in [1.165, 1.54) is 6.42 Å². The molecule has 0 radical (unpaired) electrons. The van der Waals surface area contributed by atoms with Gasteiger partial charge in [-0.05, 0) is 25.0 Å². The molecule has 1 aliphatic carbocycles. The van der Waals surface area contributed by atoms with Crippen molar-refractivity contribution in [3.63, 3.8) is 0 Å². The second kappa shape index (κ2) is 6.02. The van der Waals surface area contributed by atoms with Gasteiger partial charge in [-0.2, -0.15) is 0 Å². The van der Waals surface area contributed by atoms with Crippen LogP contribution in [0.1, 0.15) is 19.3 Å². The normalized spacial score (nSPS) is 18.8. The molecule has 2 fully saturated rings. The molecule has 120 valence electrons. The van der Waals surface area contributed by atoms with Crippen LogP contribution in [0.3, 0.4) is 0 Å². The Morgan fingerprint density at radius 3 is 2.43 bits per heavy atom. The maximum Gasteiger partial charge on any atom is 0.318 e. The van der Waals surface area contributed by atoms with Gasteiger partial charge in [0.2, 0.25) is 11.8 Å². The smallest absolute Gasteiger partial charge is 0.318 e. The molecule has 0 spiro atoms. The number of hydrogen-bond donors (Lipinski definition) is 0. The molecule has 4 rings (SSSR count). The third kappa shape index (κ3) is 2.81. The topological polar surface area (TPSA) is 62.5 Å². The summed E-state index contributed by atoms with van der Waals surface area (Å²) < 4.78 is 5.78. The van der Waals surface area contributed by atoms with Crippen LogP contribution in [0.4, 0.5) is 6.01 Å². The van der Waals surface area contributed by atoms with E-state index in [1.54, 1.807) is 0 Å². The predicted molar refractivity (Wildman–Crippen MR) is 85.9 cm³/mol. The Morgan fingerprint density at radius 1 is 1.04 bits per heavy atom. The molecule has 2 aliphatic rings. The fraction of sp³-hybridized carbons (Fsp3) is 0.471. The van der Waals surface area contributed by atoms with Crippen molar-refractivity contribution in [1.82, 2.24) is 15.1 Å². The SMILES string of the molecule is O=C(C1CCC1)N1CCN(c2nnc(-c3ccccc3)o2)CC1. The number of anilines is 1. The van der Waals surface area contributed by atoms with Crippen LogP contribution in [0.5, 0.6) is 0 Å². The molecule has 1 aromatic carbocycles. The highest BCUT2D eigenvalue weighted by atomic mass is 16.4. The third-order valence-electron chi connectivity index (χ3n) is 4.75. The van der Waals surface area contributed by atoms with Crippen molar-refractivity contribution in [2.24, 2.45) is 5.92 Å². The molecular formula is C17H20N4O2. The lowest BCUT2D eigenvalue weighted by Gasteiger charge is -2.37. The first-order valence-corrected chi connectivity index (χ1v) is 8.24. The van der Waals surface area contributed by atoms with Gasteiger partial charge >= 0.3 is 6.01 Å². The number of carbonyl (C=O) groups is 1. The molecule has 6 heteroatoms. The minimum atomic E-state index is 0.273. The average Bonchev–Trinajstić information content (AvgIpc) is 3.04. The van der Waals surface area contributed by atoms with Crippen LogP contribution < -0.4 is 4.90 Å². The first-order valence-electron chi connectivity index (χ1n) is 8.24. The molecule has 23 heavy (non-hydrogen) atoms. The van der Waals surface area contributed by atoms with E-state index in [4.69, 9.17) is 4.42 Å². The Labute approximate surface area is 135 Å². The third-order valence-corrected chi connectivity index (χ3v) is 4.75. The van der Waals surface area contributed by atoms with Crippen molar-refractivity contribution in [1.29, 1.82) is 0 Å². The maximum atomic E-state index is 12.3. The van der Waals surface area contributed by atoms with Gasteiger partial charge in [-0.25, -0.2) is 0 Å². The van der Waals surface area contributed by atoms with Gasteiger partial charge in [-0.3, -0.25) is 4.79 Å². The molecule has 1 amide bonds. The lowest BCUT2D eigenvalue weighted by atomic mass is 9.84. The molecule has 0 atom stereocenters. The average molecular weight is 312 g/mol. The van der Waals surface area contributed by atoms with Gasteiger partial charge in [0.05, 0.1) is 0 Å². The van der Waals surface area contributed by atoms with Crippen molar-refractivity contribution in [3.05, 3.63) is 30.3 Å². The van der Waals surface area contributed by atoms with Gasteiger partial charge in [0.1, 0.15) is 0 Å². The Hall–Kier alpha value is -2.37. The highest BCUT2D eigenvalue weighted by Crippen LogP contribution is 2.29. The van der Waals surface area contributed by atoms with E-state index in [0.717, 1.165) is 44.6 Å². The number of benzene rings is 1. The van der Waals surface area contributed by atoms with E-state index in [-0.39, 0.29) is 5.92 Å². The van der Waals surface area contributed by atoms with Crippen molar-refractivity contribution < 1.29 is 9.21 Å². The number of nitrogens with zero attached hydrogens (tertiary/aromatic N) is 4.